The lowest BCUT2D eigenvalue weighted by Crippen LogP contribution is -1.99. The van der Waals surface area contributed by atoms with Gasteiger partial charge in [0.05, 0.1) is 6.42 Å². The summed E-state index contributed by atoms with van der Waals surface area (Å²) >= 11 is 0. The minimum absolute atomic E-state index is 0.0184. The highest BCUT2D eigenvalue weighted by Crippen LogP contribution is 2.04. The third kappa shape index (κ3) is 5.26. The van der Waals surface area contributed by atoms with E-state index in [1.54, 1.807) is 24.3 Å². The normalized spacial score (nSPS) is 8.71. The molecule has 0 atom stereocenters. The number of azide groups is 1. The molecule has 0 saturated heterocycles. The van der Waals surface area contributed by atoms with E-state index < -0.39 is 5.97 Å². The zero-order valence-electron chi connectivity index (χ0n) is 9.13. The minimum Gasteiger partial charge on any atom is -0.481 e. The highest BCUT2D eigenvalue weighted by molar-refractivity contribution is 5.70. The number of hydrogen-bond donors (Lipinski definition) is 1. The maximum absolute atomic E-state index is 10.5. The molecule has 0 aromatic heterocycles. The lowest BCUT2D eigenvalue weighted by molar-refractivity contribution is -0.136. The summed E-state index contributed by atoms with van der Waals surface area (Å²) in [5.41, 5.74) is 9.61. The number of hydrogen-bond acceptors (Lipinski definition) is 2. The number of carbonyl (C=O) groups is 1. The number of benzene rings is 1. The molecular weight excluding hydrogens is 218 g/mol. The average Bonchev–Trinajstić information content (AvgIpc) is 2.30. The van der Waals surface area contributed by atoms with Crippen molar-refractivity contribution in [3.05, 3.63) is 45.8 Å². The van der Waals surface area contributed by atoms with Crippen LogP contribution in [-0.4, -0.2) is 17.6 Å². The number of aliphatic carboxylic acids is 1. The van der Waals surface area contributed by atoms with Crippen LogP contribution in [0.3, 0.4) is 0 Å². The zero-order chi connectivity index (χ0) is 12.5. The van der Waals surface area contributed by atoms with Gasteiger partial charge < -0.3 is 5.11 Å². The number of carboxylic acids is 1. The maximum atomic E-state index is 10.5. The summed E-state index contributed by atoms with van der Waals surface area (Å²) in [6, 6.07) is 7.04. The van der Waals surface area contributed by atoms with Crippen molar-refractivity contribution in [1.29, 1.82) is 0 Å². The van der Waals surface area contributed by atoms with Crippen LogP contribution in [0, 0.1) is 11.8 Å². The fraction of sp³-hybridized carbons (Fsp3) is 0.250. The van der Waals surface area contributed by atoms with E-state index >= 15 is 0 Å². The van der Waals surface area contributed by atoms with Crippen LogP contribution in [0.15, 0.2) is 29.4 Å². The van der Waals surface area contributed by atoms with E-state index in [1.165, 1.54) is 0 Å². The molecule has 17 heavy (non-hydrogen) atoms. The molecule has 1 rings (SSSR count). The van der Waals surface area contributed by atoms with Crippen LogP contribution in [0.25, 0.3) is 10.4 Å². The third-order valence-electron chi connectivity index (χ3n) is 1.94. The van der Waals surface area contributed by atoms with Gasteiger partial charge in [-0.1, -0.05) is 29.1 Å². The Morgan fingerprint density at radius 1 is 1.41 bits per heavy atom. The summed E-state index contributed by atoms with van der Waals surface area (Å²) < 4.78 is 0. The summed E-state index contributed by atoms with van der Waals surface area (Å²) in [6.45, 7) is 0.362. The van der Waals surface area contributed by atoms with Crippen molar-refractivity contribution in [2.24, 2.45) is 5.11 Å². The summed E-state index contributed by atoms with van der Waals surface area (Å²) in [7, 11) is 0. The molecule has 5 heteroatoms. The van der Waals surface area contributed by atoms with Crippen molar-refractivity contribution in [2.45, 2.75) is 12.8 Å². The number of rotatable bonds is 4. The molecule has 0 radical (unpaired) electrons. The van der Waals surface area contributed by atoms with E-state index in [0.717, 1.165) is 11.1 Å². The van der Waals surface area contributed by atoms with E-state index in [2.05, 4.69) is 21.9 Å². The average molecular weight is 229 g/mol. The van der Waals surface area contributed by atoms with Crippen LogP contribution in [0.1, 0.15) is 17.5 Å². The molecule has 0 saturated carbocycles. The van der Waals surface area contributed by atoms with E-state index in [4.69, 9.17) is 10.6 Å². The van der Waals surface area contributed by atoms with Gasteiger partial charge in [0.2, 0.25) is 0 Å². The van der Waals surface area contributed by atoms with Gasteiger partial charge in [0.1, 0.15) is 0 Å². The fourth-order valence-corrected chi connectivity index (χ4v) is 1.20. The summed E-state index contributed by atoms with van der Waals surface area (Å²) in [6.07, 6.45) is 0.533. The van der Waals surface area contributed by atoms with E-state index in [-0.39, 0.29) is 6.42 Å². The quantitative estimate of drug-likeness (QED) is 0.282. The Bertz CT molecular complexity index is 491. The van der Waals surface area contributed by atoms with Crippen molar-refractivity contribution < 1.29 is 9.90 Å². The molecule has 0 fully saturated rings. The van der Waals surface area contributed by atoms with Crippen LogP contribution in [0.4, 0.5) is 0 Å². The molecule has 0 heterocycles. The lowest BCUT2D eigenvalue weighted by atomic mass is 10.1. The SMILES string of the molecule is [N-]=[N+]=NCCC#Cc1ccc(CC(=O)O)cc1. The predicted octanol–water partition coefficient (Wildman–Crippen LogP) is 2.37. The largest absolute Gasteiger partial charge is 0.481 e. The summed E-state index contributed by atoms with van der Waals surface area (Å²) in [5, 5.41) is 12.0. The first-order valence-corrected chi connectivity index (χ1v) is 5.03. The topological polar surface area (TPSA) is 86.1 Å². The molecule has 86 valence electrons. The smallest absolute Gasteiger partial charge is 0.307 e. The molecule has 5 nitrogen and oxygen atoms in total. The minimum atomic E-state index is -0.849. The van der Waals surface area contributed by atoms with Gasteiger partial charge >= 0.3 is 5.97 Å². The Morgan fingerprint density at radius 3 is 2.71 bits per heavy atom. The van der Waals surface area contributed by atoms with Gasteiger partial charge in [0.25, 0.3) is 0 Å². The Labute approximate surface area is 98.7 Å². The molecule has 1 N–H and O–H groups in total. The monoisotopic (exact) mass is 229 g/mol. The van der Waals surface area contributed by atoms with Crippen LogP contribution in [0.2, 0.25) is 0 Å². The van der Waals surface area contributed by atoms with Crippen LogP contribution < -0.4 is 0 Å². The summed E-state index contributed by atoms with van der Waals surface area (Å²) in [5.74, 6) is 4.92. The van der Waals surface area contributed by atoms with Crippen LogP contribution in [0.5, 0.6) is 0 Å². The Hall–Kier alpha value is -2.44. The number of carboxylic acid groups (broad SMARTS) is 1. The van der Waals surface area contributed by atoms with Gasteiger partial charge in [-0.2, -0.15) is 0 Å². The van der Waals surface area contributed by atoms with Gasteiger partial charge in [-0.25, -0.2) is 0 Å². The van der Waals surface area contributed by atoms with Gasteiger partial charge in [-0.3, -0.25) is 4.79 Å². The Balaban J connectivity index is 2.55. The zero-order valence-corrected chi connectivity index (χ0v) is 9.13. The summed E-state index contributed by atoms with van der Waals surface area (Å²) in [4.78, 5) is 13.1. The van der Waals surface area contributed by atoms with Crippen molar-refractivity contribution >= 4 is 5.97 Å². The molecule has 0 bridgehead atoms. The first-order valence-electron chi connectivity index (χ1n) is 5.03. The standard InChI is InChI=1S/C12H11N3O2/c13-15-14-8-2-1-3-10-4-6-11(7-5-10)9-12(16)17/h4-7H,2,8-9H2,(H,16,17). The van der Waals surface area contributed by atoms with Gasteiger partial charge in [0, 0.05) is 23.4 Å². The molecule has 1 aromatic carbocycles. The fourth-order valence-electron chi connectivity index (χ4n) is 1.20. The second kappa shape index (κ2) is 6.94. The van der Waals surface area contributed by atoms with Crippen LogP contribution >= 0.6 is 0 Å². The lowest BCUT2D eigenvalue weighted by Gasteiger charge is -1.96. The van der Waals surface area contributed by atoms with Crippen LogP contribution in [-0.2, 0) is 11.2 Å². The third-order valence-corrected chi connectivity index (χ3v) is 1.94. The number of nitrogens with zero attached hydrogens (tertiary/aromatic N) is 3. The second-order valence-electron chi connectivity index (χ2n) is 3.27. The molecular formula is C12H11N3O2. The molecule has 0 aliphatic rings. The maximum Gasteiger partial charge on any atom is 0.307 e. The molecule has 0 aliphatic carbocycles. The van der Waals surface area contributed by atoms with Crippen molar-refractivity contribution in [3.8, 4) is 11.8 Å². The Morgan fingerprint density at radius 2 is 2.12 bits per heavy atom. The van der Waals surface area contributed by atoms with Gasteiger partial charge in [-0.05, 0) is 23.2 Å². The van der Waals surface area contributed by atoms with Crippen molar-refractivity contribution in [1.82, 2.24) is 0 Å². The first-order chi connectivity index (χ1) is 8.22. The van der Waals surface area contributed by atoms with Gasteiger partial charge in [0.15, 0.2) is 0 Å². The Kier molecular flexibility index (Phi) is 5.15. The van der Waals surface area contributed by atoms with E-state index in [9.17, 15) is 4.79 Å². The highest BCUT2D eigenvalue weighted by Gasteiger charge is 1.98. The van der Waals surface area contributed by atoms with Crippen molar-refractivity contribution in [3.63, 3.8) is 0 Å². The van der Waals surface area contributed by atoms with E-state index in [1.807, 2.05) is 0 Å². The van der Waals surface area contributed by atoms with Gasteiger partial charge in [-0.15, -0.1) is 0 Å². The van der Waals surface area contributed by atoms with E-state index in [0.29, 0.717) is 13.0 Å². The molecule has 0 amide bonds. The molecule has 0 aliphatic heterocycles. The highest BCUT2D eigenvalue weighted by atomic mass is 16.4. The second-order valence-corrected chi connectivity index (χ2v) is 3.27. The predicted molar refractivity (Wildman–Crippen MR) is 63.3 cm³/mol. The molecule has 1 aromatic rings. The van der Waals surface area contributed by atoms with Crippen molar-refractivity contribution in [2.75, 3.05) is 6.54 Å². The molecule has 0 spiro atoms. The first kappa shape index (κ1) is 12.6. The molecule has 0 unspecified atom stereocenters.